The number of likely N-dealkylation sites (tertiary alicyclic amines) is 1. The van der Waals surface area contributed by atoms with Crippen molar-refractivity contribution < 1.29 is 19.4 Å². The number of carbonyl (C=O) groups is 1. The lowest BCUT2D eigenvalue weighted by atomic mass is 9.57. The van der Waals surface area contributed by atoms with Gasteiger partial charge in [0.05, 0.1) is 25.7 Å². The van der Waals surface area contributed by atoms with Gasteiger partial charge in [-0.15, -0.1) is 0 Å². The van der Waals surface area contributed by atoms with Gasteiger partial charge in [-0.05, 0) is 43.2 Å². The van der Waals surface area contributed by atoms with Crippen LogP contribution >= 0.6 is 0 Å². The molecular weight excluding hydrogens is 402 g/mol. The van der Waals surface area contributed by atoms with E-state index in [9.17, 15) is 9.90 Å². The molecule has 2 aliphatic rings. The summed E-state index contributed by atoms with van der Waals surface area (Å²) in [5.41, 5.74) is 0.756. The van der Waals surface area contributed by atoms with Crippen molar-refractivity contribution in [3.8, 4) is 11.5 Å². The normalized spacial score (nSPS) is 27.5. The van der Waals surface area contributed by atoms with Crippen LogP contribution in [-0.4, -0.2) is 43.2 Å². The fourth-order valence-corrected chi connectivity index (χ4v) is 5.91. The number of carbonyl (C=O) groups excluding carboxylic acids is 1. The third kappa shape index (κ3) is 3.66. The molecule has 5 nitrogen and oxygen atoms in total. The third-order valence-corrected chi connectivity index (χ3v) is 7.95. The number of hydrogen-bond acceptors (Lipinski definition) is 4. The Labute approximate surface area is 191 Å². The van der Waals surface area contributed by atoms with Crippen molar-refractivity contribution in [3.63, 3.8) is 0 Å². The van der Waals surface area contributed by atoms with E-state index in [-0.39, 0.29) is 29.1 Å². The van der Waals surface area contributed by atoms with Crippen molar-refractivity contribution >= 4 is 5.91 Å². The molecule has 1 aliphatic heterocycles. The van der Waals surface area contributed by atoms with Gasteiger partial charge in [0.15, 0.2) is 0 Å². The van der Waals surface area contributed by atoms with Gasteiger partial charge >= 0.3 is 0 Å². The van der Waals surface area contributed by atoms with Gasteiger partial charge in [0.25, 0.3) is 0 Å². The fraction of sp³-hybridized carbons (Fsp3) is 0.519. The van der Waals surface area contributed by atoms with E-state index in [1.807, 2.05) is 60.4 Å². The molecule has 0 spiro atoms. The molecule has 0 radical (unpaired) electrons. The predicted molar refractivity (Wildman–Crippen MR) is 125 cm³/mol. The highest BCUT2D eigenvalue weighted by molar-refractivity contribution is 5.84. The Hall–Kier alpha value is -2.53. The van der Waals surface area contributed by atoms with Crippen LogP contribution in [0.2, 0.25) is 0 Å². The maximum atomic E-state index is 13.6. The number of rotatable bonds is 5. The number of benzene rings is 2. The highest BCUT2D eigenvalue weighted by Gasteiger charge is 2.57. The van der Waals surface area contributed by atoms with E-state index < -0.39 is 5.60 Å². The summed E-state index contributed by atoms with van der Waals surface area (Å²) in [6.07, 6.45) is 1.55. The van der Waals surface area contributed by atoms with Crippen LogP contribution in [0.5, 0.6) is 11.5 Å². The zero-order chi connectivity index (χ0) is 23.1. The largest absolute Gasteiger partial charge is 0.496 e. The Morgan fingerprint density at radius 3 is 2.25 bits per heavy atom. The maximum absolute atomic E-state index is 13.6. The van der Waals surface area contributed by atoms with E-state index in [0.717, 1.165) is 23.3 Å². The van der Waals surface area contributed by atoms with Gasteiger partial charge in [0.1, 0.15) is 11.5 Å². The van der Waals surface area contributed by atoms with Crippen LogP contribution < -0.4 is 9.47 Å². The first-order chi connectivity index (χ1) is 15.2. The number of methoxy groups -OCH3 is 2. The summed E-state index contributed by atoms with van der Waals surface area (Å²) in [6.45, 7) is 7.68. The van der Waals surface area contributed by atoms with Gasteiger partial charge in [-0.1, -0.05) is 50.2 Å². The molecular formula is C27H35NO4. The van der Waals surface area contributed by atoms with Gasteiger partial charge in [-0.3, -0.25) is 4.79 Å². The minimum absolute atomic E-state index is 0.0433. The van der Waals surface area contributed by atoms with E-state index in [1.54, 1.807) is 14.2 Å². The Morgan fingerprint density at radius 1 is 0.969 bits per heavy atom. The summed E-state index contributed by atoms with van der Waals surface area (Å²) in [4.78, 5) is 15.6. The summed E-state index contributed by atoms with van der Waals surface area (Å²) >= 11 is 0. The lowest BCUT2D eigenvalue weighted by molar-refractivity contribution is -0.132. The molecule has 32 heavy (non-hydrogen) atoms. The molecule has 2 aromatic carbocycles. The first kappa shape index (κ1) is 22.7. The van der Waals surface area contributed by atoms with Crippen molar-refractivity contribution in [2.75, 3.05) is 27.3 Å². The summed E-state index contributed by atoms with van der Waals surface area (Å²) in [7, 11) is 3.28. The lowest BCUT2D eigenvalue weighted by Gasteiger charge is -2.49. The van der Waals surface area contributed by atoms with Crippen LogP contribution in [0.1, 0.15) is 50.7 Å². The maximum Gasteiger partial charge on any atom is 0.229 e. The van der Waals surface area contributed by atoms with Crippen molar-refractivity contribution in [1.82, 2.24) is 4.90 Å². The Morgan fingerprint density at radius 2 is 1.56 bits per heavy atom. The molecule has 1 N–H and O–H groups in total. The molecule has 4 rings (SSSR count). The monoisotopic (exact) mass is 437 g/mol. The summed E-state index contributed by atoms with van der Waals surface area (Å²) in [5.74, 6) is 1.38. The molecule has 0 bridgehead atoms. The van der Waals surface area contributed by atoms with Crippen LogP contribution in [0.4, 0.5) is 0 Å². The van der Waals surface area contributed by atoms with E-state index >= 15 is 0 Å². The Balaban J connectivity index is 1.66. The quantitative estimate of drug-likeness (QED) is 0.743. The van der Waals surface area contributed by atoms with Crippen LogP contribution in [-0.2, 0) is 10.4 Å². The fourth-order valence-electron chi connectivity index (χ4n) is 5.91. The average molecular weight is 438 g/mol. The summed E-state index contributed by atoms with van der Waals surface area (Å²) in [6, 6.07) is 15.5. The van der Waals surface area contributed by atoms with Gasteiger partial charge in [-0.25, -0.2) is 0 Å². The SMILES string of the molecule is COc1ccccc1[C@H](C)C(=O)N1C[C@@H]2[C@H](C1)[C@@](O)(c1ccccc1OC)CCC2(C)C. The van der Waals surface area contributed by atoms with Gasteiger partial charge in [0, 0.05) is 30.1 Å². The summed E-state index contributed by atoms with van der Waals surface area (Å²) in [5, 5.41) is 12.1. The van der Waals surface area contributed by atoms with Crippen molar-refractivity contribution in [3.05, 3.63) is 59.7 Å². The summed E-state index contributed by atoms with van der Waals surface area (Å²) < 4.78 is 11.1. The Kier molecular flexibility index (Phi) is 5.97. The van der Waals surface area contributed by atoms with Crippen molar-refractivity contribution in [1.29, 1.82) is 0 Å². The number of nitrogens with zero attached hydrogens (tertiary/aromatic N) is 1. The highest BCUT2D eigenvalue weighted by Crippen LogP contribution is 2.56. The molecule has 1 heterocycles. The van der Waals surface area contributed by atoms with Crippen LogP contribution in [0.3, 0.4) is 0 Å². The van der Waals surface area contributed by atoms with E-state index in [0.29, 0.717) is 25.3 Å². The molecule has 1 saturated heterocycles. The van der Waals surface area contributed by atoms with Crippen LogP contribution in [0, 0.1) is 17.3 Å². The van der Waals surface area contributed by atoms with Crippen LogP contribution in [0.25, 0.3) is 0 Å². The number of ether oxygens (including phenoxy) is 2. The molecule has 1 aliphatic carbocycles. The van der Waals surface area contributed by atoms with E-state index in [1.165, 1.54) is 0 Å². The third-order valence-electron chi connectivity index (χ3n) is 7.95. The highest BCUT2D eigenvalue weighted by atomic mass is 16.5. The topological polar surface area (TPSA) is 59.0 Å². The molecule has 2 fully saturated rings. The number of hydrogen-bond donors (Lipinski definition) is 1. The van der Waals surface area contributed by atoms with Crippen molar-refractivity contribution in [2.45, 2.75) is 45.1 Å². The zero-order valence-corrected chi connectivity index (χ0v) is 19.8. The van der Waals surface area contributed by atoms with Crippen LogP contribution in [0.15, 0.2) is 48.5 Å². The molecule has 1 saturated carbocycles. The minimum Gasteiger partial charge on any atom is -0.496 e. The number of fused-ring (bicyclic) bond motifs is 1. The molecule has 2 aromatic rings. The Bertz CT molecular complexity index is 987. The average Bonchev–Trinajstić information content (AvgIpc) is 3.29. The number of aliphatic hydroxyl groups is 1. The van der Waals surface area contributed by atoms with E-state index in [4.69, 9.17) is 9.47 Å². The number of amides is 1. The van der Waals surface area contributed by atoms with Gasteiger partial charge in [0.2, 0.25) is 5.91 Å². The lowest BCUT2D eigenvalue weighted by Crippen LogP contribution is -2.49. The minimum atomic E-state index is -1.02. The van der Waals surface area contributed by atoms with Gasteiger partial charge < -0.3 is 19.5 Å². The molecule has 172 valence electrons. The zero-order valence-electron chi connectivity index (χ0n) is 19.8. The standard InChI is InChI=1S/C27H35NO4/c1-18(19-10-6-8-12-23(19)31-4)25(29)28-16-21-22(17-28)27(30,15-14-26(21,2)3)20-11-7-9-13-24(20)32-5/h6-13,18,21-22,30H,14-17H2,1-5H3/t18-,21+,22-,27-/m0/s1. The van der Waals surface area contributed by atoms with Gasteiger partial charge in [-0.2, -0.15) is 0 Å². The second-order valence-electron chi connectivity index (χ2n) is 10.0. The smallest absolute Gasteiger partial charge is 0.229 e. The first-order valence-electron chi connectivity index (χ1n) is 11.5. The van der Waals surface area contributed by atoms with E-state index in [2.05, 4.69) is 13.8 Å². The second kappa shape index (κ2) is 8.43. The molecule has 0 aromatic heterocycles. The molecule has 1 amide bonds. The molecule has 4 atom stereocenters. The molecule has 5 heteroatoms. The molecule has 0 unspecified atom stereocenters. The number of para-hydroxylation sites is 2. The van der Waals surface area contributed by atoms with Crippen molar-refractivity contribution in [2.24, 2.45) is 17.3 Å². The predicted octanol–water partition coefficient (Wildman–Crippen LogP) is 4.59. The first-order valence-corrected chi connectivity index (χ1v) is 11.5. The second-order valence-corrected chi connectivity index (χ2v) is 10.0.